The van der Waals surface area contributed by atoms with Crippen LogP contribution in [0.5, 0.6) is 11.5 Å². The molecule has 1 aliphatic rings. The van der Waals surface area contributed by atoms with Gasteiger partial charge < -0.3 is 19.5 Å². The maximum Gasteiger partial charge on any atom is 0.251 e. The van der Waals surface area contributed by atoms with Crippen LogP contribution in [0.1, 0.15) is 28.9 Å². The molecular formula is C22H28N2O4. The maximum absolute atomic E-state index is 12.6. The molecule has 28 heavy (non-hydrogen) atoms. The molecule has 1 atom stereocenters. The molecule has 1 unspecified atom stereocenters. The van der Waals surface area contributed by atoms with Gasteiger partial charge in [0.25, 0.3) is 5.91 Å². The molecule has 1 saturated heterocycles. The van der Waals surface area contributed by atoms with Crippen molar-refractivity contribution in [1.29, 1.82) is 0 Å². The van der Waals surface area contributed by atoms with E-state index in [1.54, 1.807) is 19.2 Å². The van der Waals surface area contributed by atoms with Gasteiger partial charge in [-0.3, -0.25) is 9.69 Å². The molecule has 0 radical (unpaired) electrons. The number of nitrogens with zero attached hydrogens (tertiary/aromatic N) is 1. The summed E-state index contributed by atoms with van der Waals surface area (Å²) >= 11 is 0. The second kappa shape index (κ2) is 10.1. The van der Waals surface area contributed by atoms with Gasteiger partial charge in [0.05, 0.1) is 33.0 Å². The first kappa shape index (κ1) is 20.2. The lowest BCUT2D eigenvalue weighted by Crippen LogP contribution is -2.43. The summed E-state index contributed by atoms with van der Waals surface area (Å²) in [5, 5.41) is 3.08. The van der Waals surface area contributed by atoms with E-state index in [0.29, 0.717) is 31.9 Å². The van der Waals surface area contributed by atoms with Crippen LogP contribution >= 0.6 is 0 Å². The average molecular weight is 384 g/mol. The van der Waals surface area contributed by atoms with Crippen LogP contribution in [0.4, 0.5) is 0 Å². The molecule has 6 heteroatoms. The van der Waals surface area contributed by atoms with Gasteiger partial charge in [0.2, 0.25) is 0 Å². The molecule has 150 valence electrons. The number of methoxy groups -OCH3 is 1. The van der Waals surface area contributed by atoms with Crippen molar-refractivity contribution in [3.05, 3.63) is 59.7 Å². The molecule has 2 aromatic carbocycles. The van der Waals surface area contributed by atoms with Crippen molar-refractivity contribution in [2.45, 2.75) is 13.0 Å². The van der Waals surface area contributed by atoms with E-state index in [0.717, 1.165) is 30.2 Å². The van der Waals surface area contributed by atoms with Gasteiger partial charge in [-0.15, -0.1) is 0 Å². The molecule has 6 nitrogen and oxygen atoms in total. The minimum Gasteiger partial charge on any atom is -0.497 e. The Morgan fingerprint density at radius 2 is 1.71 bits per heavy atom. The molecule has 1 N–H and O–H groups in total. The number of carbonyl (C=O) groups is 1. The van der Waals surface area contributed by atoms with Crippen molar-refractivity contribution in [1.82, 2.24) is 10.2 Å². The maximum atomic E-state index is 12.6. The Labute approximate surface area is 166 Å². The van der Waals surface area contributed by atoms with Gasteiger partial charge in [-0.1, -0.05) is 12.1 Å². The van der Waals surface area contributed by atoms with E-state index >= 15 is 0 Å². The highest BCUT2D eigenvalue weighted by Gasteiger charge is 2.23. The minimum atomic E-state index is -0.0881. The molecular weight excluding hydrogens is 356 g/mol. The molecule has 0 saturated carbocycles. The highest BCUT2D eigenvalue weighted by atomic mass is 16.5. The van der Waals surface area contributed by atoms with E-state index in [9.17, 15) is 4.79 Å². The van der Waals surface area contributed by atoms with Gasteiger partial charge in [0.15, 0.2) is 0 Å². The minimum absolute atomic E-state index is 0.0847. The number of amides is 1. The monoisotopic (exact) mass is 384 g/mol. The Bertz CT molecular complexity index is 740. The first-order chi connectivity index (χ1) is 13.7. The predicted molar refractivity (Wildman–Crippen MR) is 108 cm³/mol. The lowest BCUT2D eigenvalue weighted by molar-refractivity contribution is 0.0162. The molecule has 0 bridgehead atoms. The average Bonchev–Trinajstić information content (AvgIpc) is 2.76. The fourth-order valence-corrected chi connectivity index (χ4v) is 3.33. The lowest BCUT2D eigenvalue weighted by Gasteiger charge is -2.35. The normalized spacial score (nSPS) is 15.6. The van der Waals surface area contributed by atoms with Crippen molar-refractivity contribution in [3.63, 3.8) is 0 Å². The summed E-state index contributed by atoms with van der Waals surface area (Å²) in [6.45, 7) is 6.17. The Morgan fingerprint density at radius 1 is 1.07 bits per heavy atom. The highest BCUT2D eigenvalue weighted by molar-refractivity contribution is 5.94. The zero-order valence-electron chi connectivity index (χ0n) is 16.5. The Hall–Kier alpha value is -2.57. The van der Waals surface area contributed by atoms with Gasteiger partial charge in [0.1, 0.15) is 11.5 Å². The number of hydrogen-bond acceptors (Lipinski definition) is 5. The molecule has 0 aliphatic carbocycles. The number of carbonyl (C=O) groups excluding carboxylic acids is 1. The summed E-state index contributed by atoms with van der Waals surface area (Å²) in [6.07, 6.45) is 0. The second-order valence-electron chi connectivity index (χ2n) is 6.60. The lowest BCUT2D eigenvalue weighted by atomic mass is 10.0. The molecule has 1 heterocycles. The van der Waals surface area contributed by atoms with E-state index in [-0.39, 0.29) is 11.9 Å². The Kier molecular flexibility index (Phi) is 7.28. The zero-order chi connectivity index (χ0) is 19.8. The van der Waals surface area contributed by atoms with E-state index in [1.165, 1.54) is 0 Å². The van der Waals surface area contributed by atoms with Gasteiger partial charge in [-0.05, 0) is 48.9 Å². The van der Waals surface area contributed by atoms with Crippen LogP contribution in [0, 0.1) is 0 Å². The number of ether oxygens (including phenoxy) is 3. The Morgan fingerprint density at radius 3 is 2.32 bits per heavy atom. The molecule has 0 aromatic heterocycles. The fourth-order valence-electron chi connectivity index (χ4n) is 3.33. The molecule has 0 spiro atoms. The summed E-state index contributed by atoms with van der Waals surface area (Å²) in [5.41, 5.74) is 1.77. The smallest absolute Gasteiger partial charge is 0.251 e. The highest BCUT2D eigenvalue weighted by Crippen LogP contribution is 2.24. The number of rotatable bonds is 8. The number of nitrogens with one attached hydrogen (secondary N) is 1. The third-order valence-electron chi connectivity index (χ3n) is 4.87. The van der Waals surface area contributed by atoms with E-state index in [2.05, 4.69) is 22.3 Å². The van der Waals surface area contributed by atoms with E-state index in [4.69, 9.17) is 14.2 Å². The van der Waals surface area contributed by atoms with Crippen LogP contribution in [0.3, 0.4) is 0 Å². The predicted octanol–water partition coefficient (Wildman–Crippen LogP) is 2.90. The summed E-state index contributed by atoms with van der Waals surface area (Å²) in [5.74, 6) is 1.50. The number of morpholine rings is 1. The first-order valence-corrected chi connectivity index (χ1v) is 9.68. The van der Waals surface area contributed by atoms with Crippen molar-refractivity contribution in [2.24, 2.45) is 0 Å². The second-order valence-corrected chi connectivity index (χ2v) is 6.60. The van der Waals surface area contributed by atoms with Crippen molar-refractivity contribution >= 4 is 5.91 Å². The van der Waals surface area contributed by atoms with Crippen LogP contribution in [0.15, 0.2) is 48.5 Å². The summed E-state index contributed by atoms with van der Waals surface area (Å²) in [7, 11) is 1.66. The van der Waals surface area contributed by atoms with Gasteiger partial charge in [0, 0.05) is 25.2 Å². The largest absolute Gasteiger partial charge is 0.497 e. The summed E-state index contributed by atoms with van der Waals surface area (Å²) in [4.78, 5) is 15.0. The van der Waals surface area contributed by atoms with Gasteiger partial charge in [-0.2, -0.15) is 0 Å². The molecule has 1 aliphatic heterocycles. The van der Waals surface area contributed by atoms with Crippen LogP contribution in [0.25, 0.3) is 0 Å². The van der Waals surface area contributed by atoms with Crippen molar-refractivity contribution in [3.8, 4) is 11.5 Å². The quantitative estimate of drug-likeness (QED) is 0.758. The van der Waals surface area contributed by atoms with E-state index < -0.39 is 0 Å². The SMILES string of the molecule is CCOc1ccc(C(=O)NCC(c2ccc(OC)cc2)N2CCOCC2)cc1. The van der Waals surface area contributed by atoms with Crippen LogP contribution in [0.2, 0.25) is 0 Å². The van der Waals surface area contributed by atoms with Crippen LogP contribution in [-0.4, -0.2) is 57.4 Å². The van der Waals surface area contributed by atoms with Crippen molar-refractivity contribution < 1.29 is 19.0 Å². The molecule has 2 aromatic rings. The number of benzene rings is 2. The zero-order valence-corrected chi connectivity index (χ0v) is 16.5. The number of hydrogen-bond donors (Lipinski definition) is 1. The molecule has 1 fully saturated rings. The van der Waals surface area contributed by atoms with Crippen LogP contribution in [-0.2, 0) is 4.74 Å². The molecule has 3 rings (SSSR count). The van der Waals surface area contributed by atoms with Crippen molar-refractivity contribution in [2.75, 3.05) is 46.6 Å². The molecule has 1 amide bonds. The topological polar surface area (TPSA) is 60.0 Å². The Balaban J connectivity index is 1.68. The first-order valence-electron chi connectivity index (χ1n) is 9.68. The third-order valence-corrected chi connectivity index (χ3v) is 4.87. The van der Waals surface area contributed by atoms with Gasteiger partial charge >= 0.3 is 0 Å². The van der Waals surface area contributed by atoms with E-state index in [1.807, 2.05) is 31.2 Å². The van der Waals surface area contributed by atoms with Gasteiger partial charge in [-0.25, -0.2) is 0 Å². The third kappa shape index (κ3) is 5.24. The standard InChI is InChI=1S/C22H28N2O4/c1-3-28-20-10-6-18(7-11-20)22(25)23-16-21(24-12-14-27-15-13-24)17-4-8-19(26-2)9-5-17/h4-11,21H,3,12-16H2,1-2H3,(H,23,25). The fraction of sp³-hybridized carbons (Fsp3) is 0.409. The summed E-state index contributed by atoms with van der Waals surface area (Å²) < 4.78 is 16.2. The summed E-state index contributed by atoms with van der Waals surface area (Å²) in [6, 6.07) is 15.3. The van der Waals surface area contributed by atoms with Crippen LogP contribution < -0.4 is 14.8 Å².